The molecule has 0 aliphatic heterocycles. The van der Waals surface area contributed by atoms with Crippen LogP contribution >= 0.6 is 15.9 Å². The van der Waals surface area contributed by atoms with Gasteiger partial charge in [-0.1, -0.05) is 22.0 Å². The number of nitrogens with one attached hydrogen (secondary N) is 1. The molecule has 2 aromatic heterocycles. The maximum Gasteiger partial charge on any atom is 0.258 e. The summed E-state index contributed by atoms with van der Waals surface area (Å²) in [6.45, 7) is 4.51. The van der Waals surface area contributed by atoms with Crippen molar-refractivity contribution in [3.05, 3.63) is 74.2 Å². The molecule has 3 aromatic rings. The number of aromatic nitrogens is 2. The lowest BCUT2D eigenvalue weighted by molar-refractivity contribution is 0.963. The van der Waals surface area contributed by atoms with Crippen molar-refractivity contribution in [2.75, 3.05) is 5.32 Å². The Morgan fingerprint density at radius 3 is 2.77 bits per heavy atom. The van der Waals surface area contributed by atoms with E-state index in [1.807, 2.05) is 38.1 Å². The van der Waals surface area contributed by atoms with Crippen LogP contribution in [0.25, 0.3) is 5.65 Å². The lowest BCUT2D eigenvalue weighted by Crippen LogP contribution is -2.17. The van der Waals surface area contributed by atoms with Crippen LogP contribution in [0.4, 0.5) is 5.69 Å². The van der Waals surface area contributed by atoms with Crippen molar-refractivity contribution < 1.29 is 0 Å². The smallest absolute Gasteiger partial charge is 0.258 e. The zero-order valence-electron chi connectivity index (χ0n) is 12.4. The number of fused-ring (bicyclic) bond motifs is 1. The highest BCUT2D eigenvalue weighted by molar-refractivity contribution is 9.10. The molecule has 0 amide bonds. The Labute approximate surface area is 137 Å². The minimum Gasteiger partial charge on any atom is -0.379 e. The number of hydrogen-bond donors (Lipinski definition) is 1. The number of rotatable bonds is 3. The number of hydrogen-bond acceptors (Lipinski definition) is 3. The molecule has 0 unspecified atom stereocenters. The molecular weight excluding hydrogens is 342 g/mol. The summed E-state index contributed by atoms with van der Waals surface area (Å²) >= 11 is 3.45. The van der Waals surface area contributed by atoms with E-state index >= 15 is 0 Å². The van der Waals surface area contributed by atoms with Crippen LogP contribution in [-0.4, -0.2) is 9.38 Å². The van der Waals surface area contributed by atoms with Crippen LogP contribution in [0.1, 0.15) is 16.8 Å². The monoisotopic (exact) mass is 357 g/mol. The van der Waals surface area contributed by atoms with E-state index < -0.39 is 0 Å². The molecule has 22 heavy (non-hydrogen) atoms. The number of halogens is 1. The Morgan fingerprint density at radius 2 is 2.00 bits per heavy atom. The summed E-state index contributed by atoms with van der Waals surface area (Å²) < 4.78 is 2.62. The van der Waals surface area contributed by atoms with Crippen molar-refractivity contribution in [1.29, 1.82) is 0 Å². The van der Waals surface area contributed by atoms with E-state index in [0.29, 0.717) is 12.2 Å². The predicted molar refractivity (Wildman–Crippen MR) is 92.4 cm³/mol. The van der Waals surface area contributed by atoms with Crippen LogP contribution in [-0.2, 0) is 6.54 Å². The molecule has 3 rings (SSSR count). The fraction of sp³-hybridized carbons (Fsp3) is 0.176. The second-order valence-corrected chi connectivity index (χ2v) is 6.20. The summed E-state index contributed by atoms with van der Waals surface area (Å²) in [7, 11) is 0. The van der Waals surface area contributed by atoms with Crippen molar-refractivity contribution in [3.8, 4) is 0 Å². The van der Waals surface area contributed by atoms with E-state index in [1.54, 1.807) is 16.7 Å². The van der Waals surface area contributed by atoms with E-state index in [9.17, 15) is 4.79 Å². The third-order valence-electron chi connectivity index (χ3n) is 3.59. The molecule has 0 saturated heterocycles. The van der Waals surface area contributed by atoms with Crippen molar-refractivity contribution in [2.24, 2.45) is 0 Å². The first-order valence-electron chi connectivity index (χ1n) is 7.02. The first kappa shape index (κ1) is 14.8. The molecule has 5 heteroatoms. The number of aryl methyl sites for hydroxylation is 2. The second-order valence-electron chi connectivity index (χ2n) is 5.28. The molecule has 0 atom stereocenters. The molecular formula is C17H16BrN3O. The summed E-state index contributed by atoms with van der Waals surface area (Å²) in [6, 6.07) is 11.4. The van der Waals surface area contributed by atoms with Crippen LogP contribution in [0.2, 0.25) is 0 Å². The van der Waals surface area contributed by atoms with E-state index in [4.69, 9.17) is 0 Å². The Morgan fingerprint density at radius 1 is 1.18 bits per heavy atom. The van der Waals surface area contributed by atoms with Gasteiger partial charge in [-0.15, -0.1) is 0 Å². The lowest BCUT2D eigenvalue weighted by Gasteiger charge is -2.10. The molecule has 112 valence electrons. The number of benzene rings is 1. The van der Waals surface area contributed by atoms with E-state index in [2.05, 4.69) is 32.3 Å². The Kier molecular flexibility index (Phi) is 3.98. The highest BCUT2D eigenvalue weighted by atomic mass is 79.9. The van der Waals surface area contributed by atoms with Crippen LogP contribution in [0.15, 0.2) is 51.9 Å². The summed E-state index contributed by atoms with van der Waals surface area (Å²) in [5.74, 6) is 0. The van der Waals surface area contributed by atoms with E-state index in [0.717, 1.165) is 27.0 Å². The highest BCUT2D eigenvalue weighted by Crippen LogP contribution is 2.20. The fourth-order valence-corrected chi connectivity index (χ4v) is 2.89. The molecule has 0 spiro atoms. The molecule has 0 saturated carbocycles. The Balaban J connectivity index is 1.91. The van der Waals surface area contributed by atoms with Gasteiger partial charge >= 0.3 is 0 Å². The number of pyridine rings is 1. The van der Waals surface area contributed by atoms with Gasteiger partial charge in [-0.25, -0.2) is 4.98 Å². The molecule has 0 fully saturated rings. The molecule has 1 aromatic carbocycles. The van der Waals surface area contributed by atoms with E-state index in [1.165, 1.54) is 0 Å². The van der Waals surface area contributed by atoms with Crippen molar-refractivity contribution in [2.45, 2.75) is 20.4 Å². The van der Waals surface area contributed by atoms with Crippen molar-refractivity contribution in [3.63, 3.8) is 0 Å². The number of anilines is 1. The second kappa shape index (κ2) is 5.93. The van der Waals surface area contributed by atoms with Crippen molar-refractivity contribution in [1.82, 2.24) is 9.38 Å². The van der Waals surface area contributed by atoms with Crippen LogP contribution in [0, 0.1) is 13.8 Å². The number of nitrogens with zero attached hydrogens (tertiary/aromatic N) is 2. The largest absolute Gasteiger partial charge is 0.379 e. The Bertz CT molecular complexity index is 902. The van der Waals surface area contributed by atoms with Gasteiger partial charge in [0.1, 0.15) is 5.65 Å². The van der Waals surface area contributed by atoms with Gasteiger partial charge in [0.25, 0.3) is 5.56 Å². The molecule has 0 radical (unpaired) electrons. The topological polar surface area (TPSA) is 46.4 Å². The fourth-order valence-electron chi connectivity index (χ4n) is 2.41. The lowest BCUT2D eigenvalue weighted by atomic mass is 10.2. The van der Waals surface area contributed by atoms with Gasteiger partial charge in [0.15, 0.2) is 0 Å². The average molecular weight is 358 g/mol. The van der Waals surface area contributed by atoms with Crippen LogP contribution < -0.4 is 10.9 Å². The van der Waals surface area contributed by atoms with Gasteiger partial charge in [0.2, 0.25) is 0 Å². The third-order valence-corrected chi connectivity index (χ3v) is 4.08. The third kappa shape index (κ3) is 2.90. The summed E-state index contributed by atoms with van der Waals surface area (Å²) in [5, 5.41) is 3.34. The zero-order chi connectivity index (χ0) is 15.7. The molecule has 2 heterocycles. The highest BCUT2D eigenvalue weighted by Gasteiger charge is 2.05. The van der Waals surface area contributed by atoms with Gasteiger partial charge in [0, 0.05) is 22.4 Å². The van der Waals surface area contributed by atoms with Crippen LogP contribution in [0.3, 0.4) is 0 Å². The van der Waals surface area contributed by atoms with E-state index in [-0.39, 0.29) is 5.56 Å². The summed E-state index contributed by atoms with van der Waals surface area (Å²) in [5.41, 5.74) is 4.55. The molecule has 0 aliphatic carbocycles. The Hall–Kier alpha value is -2.14. The average Bonchev–Trinajstić information content (AvgIpc) is 2.47. The maximum absolute atomic E-state index is 12.2. The maximum atomic E-state index is 12.2. The van der Waals surface area contributed by atoms with Gasteiger partial charge in [-0.3, -0.25) is 9.20 Å². The van der Waals surface area contributed by atoms with Crippen LogP contribution in [0.5, 0.6) is 0 Å². The SMILES string of the molecule is Cc1cc(Br)ccc1NCc1cc(=O)n2cccc(C)c2n1. The molecule has 1 N–H and O–H groups in total. The normalized spacial score (nSPS) is 10.9. The van der Waals surface area contributed by atoms with Crippen molar-refractivity contribution >= 4 is 27.3 Å². The zero-order valence-corrected chi connectivity index (χ0v) is 14.0. The van der Waals surface area contributed by atoms with Gasteiger partial charge in [0.05, 0.1) is 12.2 Å². The predicted octanol–water partition coefficient (Wildman–Crippen LogP) is 3.69. The first-order chi connectivity index (χ1) is 10.5. The van der Waals surface area contributed by atoms with Gasteiger partial charge < -0.3 is 5.32 Å². The summed E-state index contributed by atoms with van der Waals surface area (Å²) in [6.07, 6.45) is 1.74. The summed E-state index contributed by atoms with van der Waals surface area (Å²) in [4.78, 5) is 16.8. The van der Waals surface area contributed by atoms with Gasteiger partial charge in [-0.2, -0.15) is 0 Å². The minimum absolute atomic E-state index is 0.0574. The molecule has 0 bridgehead atoms. The molecule has 4 nitrogen and oxygen atoms in total. The first-order valence-corrected chi connectivity index (χ1v) is 7.82. The minimum atomic E-state index is -0.0574. The quantitative estimate of drug-likeness (QED) is 0.777. The van der Waals surface area contributed by atoms with Gasteiger partial charge in [-0.05, 0) is 49.2 Å². The standard InChI is InChI=1S/C17H16BrN3O/c1-11-4-3-7-21-16(22)9-14(20-17(11)21)10-19-15-6-5-13(18)8-12(15)2/h3-9,19H,10H2,1-2H3. The molecule has 0 aliphatic rings.